The molecule has 1 atom stereocenters. The Labute approximate surface area is 186 Å². The van der Waals surface area contributed by atoms with Crippen LogP contribution in [0.5, 0.6) is 0 Å². The summed E-state index contributed by atoms with van der Waals surface area (Å²) in [6.45, 7) is 12.3. The molecule has 0 aliphatic carbocycles. The Bertz CT molecular complexity index is 1130. The van der Waals surface area contributed by atoms with Gasteiger partial charge in [0, 0.05) is 19.3 Å². The molecule has 2 aromatic heterocycles. The molecule has 5 nitrogen and oxygen atoms in total. The Morgan fingerprint density at radius 3 is 2.48 bits per heavy atom. The summed E-state index contributed by atoms with van der Waals surface area (Å²) in [5.41, 5.74) is 7.35. The Balaban J connectivity index is 1.95. The number of fused-ring (bicyclic) bond motifs is 1. The minimum Gasteiger partial charge on any atom is -0.355 e. The van der Waals surface area contributed by atoms with Gasteiger partial charge >= 0.3 is 0 Å². The van der Waals surface area contributed by atoms with Gasteiger partial charge in [0.1, 0.15) is 18.9 Å². The van der Waals surface area contributed by atoms with Crippen LogP contribution in [0, 0.1) is 31.1 Å². The predicted molar refractivity (Wildman–Crippen MR) is 129 cm³/mol. The fraction of sp³-hybridized carbons (Fsp3) is 0.480. The first-order chi connectivity index (χ1) is 15.0. The van der Waals surface area contributed by atoms with E-state index < -0.39 is 0 Å². The van der Waals surface area contributed by atoms with Crippen molar-refractivity contribution in [1.82, 2.24) is 14.5 Å². The molecule has 1 aromatic carbocycles. The monoisotopic (exact) mass is 412 g/mol. The Hall–Kier alpha value is -2.81. The minimum atomic E-state index is 0.0673. The lowest BCUT2D eigenvalue weighted by Gasteiger charge is -2.31. The maximum atomic E-state index is 9.47. The van der Waals surface area contributed by atoms with Crippen LogP contribution in [0.3, 0.4) is 0 Å². The Morgan fingerprint density at radius 2 is 1.87 bits per heavy atom. The van der Waals surface area contributed by atoms with Gasteiger partial charge in [0.25, 0.3) is 0 Å². The van der Waals surface area contributed by atoms with E-state index in [1.807, 2.05) is 6.92 Å². The van der Waals surface area contributed by atoms with Crippen LogP contribution in [0.4, 0.5) is 5.82 Å². The van der Waals surface area contributed by atoms with Gasteiger partial charge in [-0.3, -0.25) is 0 Å². The van der Waals surface area contributed by atoms with Crippen molar-refractivity contribution in [2.75, 3.05) is 18.0 Å². The van der Waals surface area contributed by atoms with Crippen molar-refractivity contribution < 1.29 is 0 Å². The van der Waals surface area contributed by atoms with E-state index in [-0.39, 0.29) is 5.92 Å². The van der Waals surface area contributed by atoms with Crippen molar-refractivity contribution in [3.63, 3.8) is 0 Å². The Morgan fingerprint density at radius 1 is 1.16 bits per heavy atom. The molecule has 1 aliphatic rings. The average molecular weight is 412 g/mol. The largest absolute Gasteiger partial charge is 0.355 e. The minimum absolute atomic E-state index is 0.0673. The van der Waals surface area contributed by atoms with Crippen LogP contribution in [0.25, 0.3) is 16.7 Å². The normalized spacial score (nSPS) is 16.5. The van der Waals surface area contributed by atoms with Gasteiger partial charge in [0.05, 0.1) is 23.1 Å². The van der Waals surface area contributed by atoms with Gasteiger partial charge in [-0.05, 0) is 56.2 Å². The quantitative estimate of drug-likeness (QED) is 0.587. The summed E-state index contributed by atoms with van der Waals surface area (Å²) in [7, 11) is 2.17. The molecule has 4 rings (SSSR count). The second-order valence-electron chi connectivity index (χ2n) is 8.57. The van der Waals surface area contributed by atoms with E-state index in [1.165, 1.54) is 27.8 Å². The highest BCUT2D eigenvalue weighted by molar-refractivity contribution is 6.52. The number of aryl methyl sites for hydroxylation is 4. The highest BCUT2D eigenvalue weighted by Crippen LogP contribution is 2.34. The molecular weight excluding hydrogens is 381 g/mol. The highest BCUT2D eigenvalue weighted by Gasteiger charge is 2.25. The zero-order chi connectivity index (χ0) is 22.1. The summed E-state index contributed by atoms with van der Waals surface area (Å²) in [6.07, 6.45) is 6.15. The number of nitrogens with zero attached hydrogens (tertiary/aromatic N) is 5. The topological polar surface area (TPSA) is 57.7 Å². The molecular formula is C25H31BN5. The molecule has 159 valence electrons. The summed E-state index contributed by atoms with van der Waals surface area (Å²) >= 11 is 0. The first-order valence-corrected chi connectivity index (χ1v) is 11.5. The molecule has 0 spiro atoms. The zero-order valence-corrected chi connectivity index (χ0v) is 19.4. The van der Waals surface area contributed by atoms with Crippen molar-refractivity contribution in [3.8, 4) is 11.8 Å². The molecule has 0 N–H and O–H groups in total. The van der Waals surface area contributed by atoms with E-state index in [2.05, 4.69) is 68.7 Å². The molecule has 31 heavy (non-hydrogen) atoms. The van der Waals surface area contributed by atoms with Crippen molar-refractivity contribution in [3.05, 3.63) is 40.8 Å². The van der Waals surface area contributed by atoms with Crippen LogP contribution in [0.1, 0.15) is 49.2 Å². The van der Waals surface area contributed by atoms with Crippen LogP contribution in [-0.4, -0.2) is 34.9 Å². The van der Waals surface area contributed by atoms with Crippen LogP contribution >= 0.6 is 0 Å². The van der Waals surface area contributed by atoms with E-state index in [1.54, 1.807) is 0 Å². The van der Waals surface area contributed by atoms with Crippen LogP contribution in [-0.2, 0) is 12.8 Å². The molecule has 1 radical (unpaired) electrons. The van der Waals surface area contributed by atoms with E-state index >= 15 is 0 Å². The van der Waals surface area contributed by atoms with Gasteiger partial charge in [-0.25, -0.2) is 9.97 Å². The van der Waals surface area contributed by atoms with Crippen LogP contribution in [0.15, 0.2) is 18.3 Å². The summed E-state index contributed by atoms with van der Waals surface area (Å²) in [4.78, 5) is 12.1. The second-order valence-corrected chi connectivity index (χ2v) is 8.57. The molecule has 3 aromatic rings. The van der Waals surface area contributed by atoms with E-state index in [4.69, 9.17) is 9.97 Å². The molecule has 3 heterocycles. The molecule has 1 unspecified atom stereocenters. The SMILES string of the molecule is C[B]c1cc(CC)c(-n2cc(C)c3c(N4CCCC(C#N)C4)nc(C)nc32)c(CC)c1. The number of anilines is 1. The van der Waals surface area contributed by atoms with Gasteiger partial charge < -0.3 is 9.47 Å². The molecule has 6 heteroatoms. The fourth-order valence-corrected chi connectivity index (χ4v) is 4.87. The third-order valence-corrected chi connectivity index (χ3v) is 6.46. The number of piperidine rings is 1. The molecule has 1 fully saturated rings. The van der Waals surface area contributed by atoms with Gasteiger partial charge in [-0.1, -0.05) is 38.3 Å². The van der Waals surface area contributed by atoms with Crippen LogP contribution < -0.4 is 10.4 Å². The van der Waals surface area contributed by atoms with Crippen molar-refractivity contribution in [2.45, 2.75) is 60.2 Å². The predicted octanol–water partition coefficient (Wildman–Crippen LogP) is 4.28. The first-order valence-electron chi connectivity index (χ1n) is 11.5. The molecule has 0 bridgehead atoms. The molecule has 0 saturated carbocycles. The number of benzene rings is 1. The van der Waals surface area contributed by atoms with Gasteiger partial charge in [-0.15, -0.1) is 0 Å². The molecule has 1 saturated heterocycles. The fourth-order valence-electron chi connectivity index (χ4n) is 4.87. The molecule has 1 aliphatic heterocycles. The number of aromatic nitrogens is 3. The van der Waals surface area contributed by atoms with Crippen molar-refractivity contribution in [1.29, 1.82) is 5.26 Å². The van der Waals surface area contributed by atoms with E-state index in [0.29, 0.717) is 0 Å². The zero-order valence-electron chi connectivity index (χ0n) is 19.4. The highest BCUT2D eigenvalue weighted by atomic mass is 15.2. The maximum absolute atomic E-state index is 9.47. The lowest BCUT2D eigenvalue weighted by atomic mass is 9.71. The molecule has 0 amide bonds. The van der Waals surface area contributed by atoms with E-state index in [0.717, 1.165) is 61.4 Å². The summed E-state index contributed by atoms with van der Waals surface area (Å²) in [5, 5.41) is 10.6. The van der Waals surface area contributed by atoms with Gasteiger partial charge in [-0.2, -0.15) is 5.26 Å². The maximum Gasteiger partial charge on any atom is 0.150 e. The van der Waals surface area contributed by atoms with Crippen LogP contribution in [0.2, 0.25) is 6.82 Å². The first kappa shape index (κ1) is 21.4. The average Bonchev–Trinajstić information content (AvgIpc) is 3.12. The number of rotatable bonds is 5. The van der Waals surface area contributed by atoms with Gasteiger partial charge in [0.2, 0.25) is 0 Å². The van der Waals surface area contributed by atoms with E-state index in [9.17, 15) is 5.26 Å². The third kappa shape index (κ3) is 3.82. The van der Waals surface area contributed by atoms with Crippen molar-refractivity contribution in [2.24, 2.45) is 5.92 Å². The third-order valence-electron chi connectivity index (χ3n) is 6.46. The Kier molecular flexibility index (Phi) is 6.04. The smallest absolute Gasteiger partial charge is 0.150 e. The van der Waals surface area contributed by atoms with Crippen molar-refractivity contribution >= 4 is 29.6 Å². The summed E-state index contributed by atoms with van der Waals surface area (Å²) < 4.78 is 2.28. The summed E-state index contributed by atoms with van der Waals surface area (Å²) in [5.74, 6) is 1.82. The number of hydrogen-bond acceptors (Lipinski definition) is 4. The number of nitriles is 1. The summed E-state index contributed by atoms with van der Waals surface area (Å²) in [6, 6.07) is 7.06. The standard InChI is InChI=1S/C25H31BN5/c1-6-19-11-21(26-5)12-20(7-2)23(19)31-14-16(3)22-24(28-17(4)29-25(22)31)30-10-8-9-18(13-27)15-30/h11-12,14,18H,6-10,15H2,1-5H3. The lowest BCUT2D eigenvalue weighted by molar-refractivity contribution is 0.491. The second kappa shape index (κ2) is 8.74. The lowest BCUT2D eigenvalue weighted by Crippen LogP contribution is -2.35. The van der Waals surface area contributed by atoms with Gasteiger partial charge in [0.15, 0.2) is 5.65 Å². The number of hydrogen-bond donors (Lipinski definition) is 0.